The van der Waals surface area contributed by atoms with Gasteiger partial charge >= 0.3 is 0 Å². The maximum Gasteiger partial charge on any atom is 0.160 e. The average molecular weight is 716 g/mol. The molecule has 4 heteroatoms. The topological polar surface area (TPSA) is 43.9 Å². The first-order valence-electron chi connectivity index (χ1n) is 18.9. The number of nitrogens with zero attached hydrogens (tertiary/aromatic N) is 3. The summed E-state index contributed by atoms with van der Waals surface area (Å²) in [4.78, 5) is 10.9. The van der Waals surface area contributed by atoms with Gasteiger partial charge in [-0.2, -0.15) is 0 Å². The Hall–Kier alpha value is -7.56. The number of para-hydroxylation sites is 4. The highest BCUT2D eigenvalue weighted by atomic mass is 16.3. The Bertz CT molecular complexity index is 3250. The summed E-state index contributed by atoms with van der Waals surface area (Å²) in [5.41, 5.74) is 15.3. The van der Waals surface area contributed by atoms with Crippen LogP contribution in [-0.2, 0) is 0 Å². The summed E-state index contributed by atoms with van der Waals surface area (Å²) in [5, 5.41) is 3.29. The zero-order valence-electron chi connectivity index (χ0n) is 30.3. The van der Waals surface area contributed by atoms with Crippen molar-refractivity contribution < 1.29 is 4.42 Å². The molecule has 11 rings (SSSR count). The van der Waals surface area contributed by atoms with E-state index in [-0.39, 0.29) is 0 Å². The van der Waals surface area contributed by atoms with Gasteiger partial charge in [-0.3, -0.25) is 0 Å². The van der Waals surface area contributed by atoms with E-state index in [2.05, 4.69) is 193 Å². The van der Waals surface area contributed by atoms with Crippen LogP contribution < -0.4 is 0 Å². The van der Waals surface area contributed by atoms with Gasteiger partial charge < -0.3 is 8.98 Å². The van der Waals surface area contributed by atoms with E-state index in [1.807, 2.05) is 12.1 Å². The summed E-state index contributed by atoms with van der Waals surface area (Å²) in [6.07, 6.45) is 0. The molecular formula is C52H33N3O. The Morgan fingerprint density at radius 3 is 1.75 bits per heavy atom. The van der Waals surface area contributed by atoms with Gasteiger partial charge in [-0.25, -0.2) is 9.97 Å². The van der Waals surface area contributed by atoms with Crippen LogP contribution in [0.4, 0.5) is 0 Å². The van der Waals surface area contributed by atoms with Gasteiger partial charge in [-0.1, -0.05) is 158 Å². The number of hydrogen-bond acceptors (Lipinski definition) is 3. The smallest absolute Gasteiger partial charge is 0.160 e. The van der Waals surface area contributed by atoms with Crippen molar-refractivity contribution >= 4 is 43.9 Å². The average Bonchev–Trinajstić information content (AvgIpc) is 3.83. The van der Waals surface area contributed by atoms with Gasteiger partial charge in [0, 0.05) is 38.5 Å². The molecule has 0 aliphatic heterocycles. The predicted molar refractivity (Wildman–Crippen MR) is 231 cm³/mol. The maximum atomic E-state index is 6.46. The standard InChI is InChI=1S/C52H33N3O/c1-3-15-34(16-4-1)35-17-11-18-36(31-35)37-19-12-21-39(32-37)48-50-49(45-26-7-9-29-46(45)55(50)41-23-5-2-6-24-41)54-52(53-48)40-22-13-20-38(33-40)42-27-14-28-44-43-25-8-10-30-47(43)56-51(42)44/h1-33H. The molecule has 0 saturated heterocycles. The molecule has 0 N–H and O–H groups in total. The van der Waals surface area contributed by atoms with Gasteiger partial charge in [0.2, 0.25) is 0 Å². The second-order valence-electron chi connectivity index (χ2n) is 14.2. The molecule has 0 saturated carbocycles. The summed E-state index contributed by atoms with van der Waals surface area (Å²) in [6, 6.07) is 70.2. The zero-order valence-corrected chi connectivity index (χ0v) is 30.3. The highest BCUT2D eigenvalue weighted by Gasteiger charge is 2.22. The lowest BCUT2D eigenvalue weighted by molar-refractivity contribution is 0.670. The number of rotatable bonds is 6. The van der Waals surface area contributed by atoms with Crippen LogP contribution >= 0.6 is 0 Å². The van der Waals surface area contributed by atoms with Gasteiger partial charge in [0.25, 0.3) is 0 Å². The van der Waals surface area contributed by atoms with Crippen molar-refractivity contribution in [2.24, 2.45) is 0 Å². The SMILES string of the molecule is c1ccc(-c2cccc(-c3cccc(-c4nc(-c5cccc(-c6cccc7c6oc6ccccc67)c5)nc5c6ccccc6n(-c6ccccc6)c45)c3)c2)cc1. The molecule has 0 radical (unpaired) electrons. The first kappa shape index (κ1) is 31.9. The van der Waals surface area contributed by atoms with Crippen LogP contribution in [0, 0.1) is 0 Å². The first-order chi connectivity index (χ1) is 27.8. The quantitative estimate of drug-likeness (QED) is 0.172. The molecular weight excluding hydrogens is 683 g/mol. The Morgan fingerprint density at radius 1 is 0.393 bits per heavy atom. The number of benzene rings is 8. The lowest BCUT2D eigenvalue weighted by Gasteiger charge is -2.14. The van der Waals surface area contributed by atoms with Crippen LogP contribution in [0.1, 0.15) is 0 Å². The number of fused-ring (bicyclic) bond motifs is 6. The van der Waals surface area contributed by atoms with Crippen LogP contribution in [0.15, 0.2) is 205 Å². The van der Waals surface area contributed by atoms with Gasteiger partial charge in [0.05, 0.1) is 16.7 Å². The number of aromatic nitrogens is 3. The third kappa shape index (κ3) is 5.31. The molecule has 0 amide bonds. The van der Waals surface area contributed by atoms with Gasteiger partial charge in [-0.05, 0) is 70.3 Å². The van der Waals surface area contributed by atoms with Gasteiger partial charge in [0.1, 0.15) is 16.7 Å². The minimum atomic E-state index is 0.665. The van der Waals surface area contributed by atoms with Crippen molar-refractivity contribution in [2.45, 2.75) is 0 Å². The third-order valence-electron chi connectivity index (χ3n) is 10.8. The van der Waals surface area contributed by atoms with Crippen molar-refractivity contribution in [3.63, 3.8) is 0 Å². The fourth-order valence-electron chi connectivity index (χ4n) is 8.17. The van der Waals surface area contributed by atoms with Crippen molar-refractivity contribution in [2.75, 3.05) is 0 Å². The summed E-state index contributed by atoms with van der Waals surface area (Å²) >= 11 is 0. The van der Waals surface area contributed by atoms with Crippen LogP contribution in [0.3, 0.4) is 0 Å². The fraction of sp³-hybridized carbons (Fsp3) is 0. The number of hydrogen-bond donors (Lipinski definition) is 0. The highest BCUT2D eigenvalue weighted by molar-refractivity contribution is 6.12. The van der Waals surface area contributed by atoms with Gasteiger partial charge in [-0.15, -0.1) is 0 Å². The van der Waals surface area contributed by atoms with Crippen molar-refractivity contribution in [1.29, 1.82) is 0 Å². The van der Waals surface area contributed by atoms with E-state index in [1.165, 1.54) is 11.1 Å². The van der Waals surface area contributed by atoms with Gasteiger partial charge in [0.15, 0.2) is 5.82 Å². The van der Waals surface area contributed by atoms with E-state index in [4.69, 9.17) is 14.4 Å². The molecule has 0 spiro atoms. The summed E-state index contributed by atoms with van der Waals surface area (Å²) in [5.74, 6) is 0.665. The Morgan fingerprint density at radius 2 is 0.946 bits per heavy atom. The summed E-state index contributed by atoms with van der Waals surface area (Å²) in [7, 11) is 0. The van der Waals surface area contributed by atoms with Crippen LogP contribution in [0.25, 0.3) is 106 Å². The number of furan rings is 1. The van der Waals surface area contributed by atoms with E-state index in [0.29, 0.717) is 5.82 Å². The molecule has 56 heavy (non-hydrogen) atoms. The monoisotopic (exact) mass is 715 g/mol. The molecule has 3 aromatic heterocycles. The van der Waals surface area contributed by atoms with E-state index < -0.39 is 0 Å². The van der Waals surface area contributed by atoms with Crippen molar-refractivity contribution in [3.8, 4) is 61.7 Å². The Kier molecular flexibility index (Phi) is 7.46. The van der Waals surface area contributed by atoms with Crippen LogP contribution in [0.2, 0.25) is 0 Å². The maximum absolute atomic E-state index is 6.46. The van der Waals surface area contributed by atoms with Crippen LogP contribution in [-0.4, -0.2) is 14.5 Å². The largest absolute Gasteiger partial charge is 0.455 e. The molecule has 8 aromatic carbocycles. The lowest BCUT2D eigenvalue weighted by Crippen LogP contribution is -2.00. The van der Waals surface area contributed by atoms with E-state index in [9.17, 15) is 0 Å². The Labute approximate surface area is 323 Å². The molecule has 0 atom stereocenters. The molecule has 0 fully saturated rings. The first-order valence-corrected chi connectivity index (χ1v) is 18.9. The molecule has 262 valence electrons. The second kappa shape index (κ2) is 13.1. The van der Waals surface area contributed by atoms with Crippen molar-refractivity contribution in [3.05, 3.63) is 200 Å². The lowest BCUT2D eigenvalue weighted by atomic mass is 9.97. The molecule has 11 aromatic rings. The summed E-state index contributed by atoms with van der Waals surface area (Å²) in [6.45, 7) is 0. The second-order valence-corrected chi connectivity index (χ2v) is 14.2. The normalized spacial score (nSPS) is 11.6. The zero-order chi connectivity index (χ0) is 37.0. The molecule has 3 heterocycles. The predicted octanol–water partition coefficient (Wildman–Crippen LogP) is 13.8. The molecule has 0 aliphatic carbocycles. The minimum Gasteiger partial charge on any atom is -0.455 e. The van der Waals surface area contributed by atoms with Crippen molar-refractivity contribution in [1.82, 2.24) is 14.5 Å². The summed E-state index contributed by atoms with van der Waals surface area (Å²) < 4.78 is 8.77. The minimum absolute atomic E-state index is 0.665. The molecule has 4 nitrogen and oxygen atoms in total. The van der Waals surface area contributed by atoms with E-state index >= 15 is 0 Å². The van der Waals surface area contributed by atoms with E-state index in [1.54, 1.807) is 0 Å². The molecule has 0 unspecified atom stereocenters. The van der Waals surface area contributed by atoms with Crippen LogP contribution in [0.5, 0.6) is 0 Å². The molecule has 0 aliphatic rings. The van der Waals surface area contributed by atoms with E-state index in [0.717, 1.165) is 88.6 Å². The third-order valence-corrected chi connectivity index (χ3v) is 10.8. The molecule has 0 bridgehead atoms. The highest BCUT2D eigenvalue weighted by Crippen LogP contribution is 2.41. The fourth-order valence-corrected chi connectivity index (χ4v) is 8.17. The Balaban J connectivity index is 1.14.